The highest BCUT2D eigenvalue weighted by Gasteiger charge is 2.49. The number of esters is 1. The number of ether oxygens (including phenoxy) is 1. The van der Waals surface area contributed by atoms with Crippen molar-refractivity contribution < 1.29 is 9.53 Å². The van der Waals surface area contributed by atoms with Crippen LogP contribution in [0.2, 0.25) is 0 Å². The van der Waals surface area contributed by atoms with E-state index in [1.165, 1.54) is 5.56 Å². The van der Waals surface area contributed by atoms with Gasteiger partial charge in [0.15, 0.2) is 0 Å². The second-order valence-corrected chi connectivity index (χ2v) is 5.69. The SMILES string of the molecule is N[C@@]1(Cc2ccccc2)C(=O)OC[C@@H]1Cc1ccccc1. The molecular formula is C18H19NO2. The molecule has 0 bridgehead atoms. The van der Waals surface area contributed by atoms with Crippen LogP contribution in [0.1, 0.15) is 11.1 Å². The third-order valence-electron chi connectivity index (χ3n) is 4.19. The van der Waals surface area contributed by atoms with Gasteiger partial charge in [0.05, 0.1) is 6.61 Å². The normalized spacial score (nSPS) is 24.8. The molecule has 0 aliphatic carbocycles. The zero-order valence-corrected chi connectivity index (χ0v) is 11.9. The third-order valence-corrected chi connectivity index (χ3v) is 4.19. The number of carbonyl (C=O) groups is 1. The van der Waals surface area contributed by atoms with Crippen molar-refractivity contribution in [2.24, 2.45) is 11.7 Å². The smallest absolute Gasteiger partial charge is 0.326 e. The summed E-state index contributed by atoms with van der Waals surface area (Å²) in [4.78, 5) is 12.2. The van der Waals surface area contributed by atoms with Crippen molar-refractivity contribution in [3.63, 3.8) is 0 Å². The van der Waals surface area contributed by atoms with E-state index in [0.717, 1.165) is 12.0 Å². The Kier molecular flexibility index (Phi) is 3.76. The first-order valence-corrected chi connectivity index (χ1v) is 7.22. The number of cyclic esters (lactones) is 1. The lowest BCUT2D eigenvalue weighted by atomic mass is 9.79. The number of hydrogen-bond donors (Lipinski definition) is 1. The Morgan fingerprint density at radius 1 is 1.00 bits per heavy atom. The van der Waals surface area contributed by atoms with E-state index in [0.29, 0.717) is 13.0 Å². The Morgan fingerprint density at radius 2 is 1.57 bits per heavy atom. The van der Waals surface area contributed by atoms with E-state index in [1.54, 1.807) is 0 Å². The van der Waals surface area contributed by atoms with Crippen molar-refractivity contribution in [3.8, 4) is 0 Å². The molecule has 1 fully saturated rings. The highest BCUT2D eigenvalue weighted by atomic mass is 16.5. The standard InChI is InChI=1S/C18H19NO2/c19-18(12-15-9-5-2-6-10-15)16(13-21-17(18)20)11-14-7-3-1-4-8-14/h1-10,16H,11-13,19H2/t16-,18+/m0/s1. The minimum atomic E-state index is -0.933. The van der Waals surface area contributed by atoms with Crippen LogP contribution >= 0.6 is 0 Å². The van der Waals surface area contributed by atoms with Crippen LogP contribution in [0.5, 0.6) is 0 Å². The number of carbonyl (C=O) groups excluding carboxylic acids is 1. The molecule has 3 rings (SSSR count). The summed E-state index contributed by atoms with van der Waals surface area (Å²) in [5, 5.41) is 0. The van der Waals surface area contributed by atoms with Gasteiger partial charge < -0.3 is 10.5 Å². The van der Waals surface area contributed by atoms with Crippen LogP contribution in [-0.2, 0) is 22.4 Å². The lowest BCUT2D eigenvalue weighted by Gasteiger charge is -2.26. The summed E-state index contributed by atoms with van der Waals surface area (Å²) in [6.45, 7) is 0.400. The van der Waals surface area contributed by atoms with Crippen LogP contribution in [0.3, 0.4) is 0 Å². The van der Waals surface area contributed by atoms with Gasteiger partial charge in [0, 0.05) is 12.3 Å². The van der Waals surface area contributed by atoms with Crippen LogP contribution in [0.4, 0.5) is 0 Å². The molecule has 2 atom stereocenters. The molecule has 2 aromatic carbocycles. The van der Waals surface area contributed by atoms with Crippen molar-refractivity contribution in [1.29, 1.82) is 0 Å². The molecule has 1 heterocycles. The summed E-state index contributed by atoms with van der Waals surface area (Å²) in [5.41, 5.74) is 7.77. The predicted octanol–water partition coefficient (Wildman–Crippen LogP) is 2.34. The van der Waals surface area contributed by atoms with Gasteiger partial charge in [-0.2, -0.15) is 0 Å². The Balaban J connectivity index is 1.81. The topological polar surface area (TPSA) is 52.3 Å². The maximum atomic E-state index is 12.2. The first-order valence-electron chi connectivity index (χ1n) is 7.22. The van der Waals surface area contributed by atoms with Gasteiger partial charge in [-0.05, 0) is 17.5 Å². The molecule has 0 saturated carbocycles. The van der Waals surface area contributed by atoms with Gasteiger partial charge >= 0.3 is 5.97 Å². The van der Waals surface area contributed by atoms with Crippen molar-refractivity contribution in [2.75, 3.05) is 6.61 Å². The van der Waals surface area contributed by atoms with Crippen molar-refractivity contribution >= 4 is 5.97 Å². The fourth-order valence-electron chi connectivity index (χ4n) is 2.92. The third kappa shape index (κ3) is 2.83. The molecule has 0 amide bonds. The largest absolute Gasteiger partial charge is 0.464 e. The van der Waals surface area contributed by atoms with Crippen LogP contribution in [-0.4, -0.2) is 18.1 Å². The predicted molar refractivity (Wildman–Crippen MR) is 81.7 cm³/mol. The first-order chi connectivity index (χ1) is 10.2. The molecule has 0 spiro atoms. The molecule has 0 radical (unpaired) electrons. The van der Waals surface area contributed by atoms with Crippen molar-refractivity contribution in [2.45, 2.75) is 18.4 Å². The summed E-state index contributed by atoms with van der Waals surface area (Å²) in [7, 11) is 0. The lowest BCUT2D eigenvalue weighted by molar-refractivity contribution is -0.142. The minimum Gasteiger partial charge on any atom is -0.464 e. The molecule has 0 aromatic heterocycles. The fourth-order valence-corrected chi connectivity index (χ4v) is 2.92. The molecule has 3 heteroatoms. The Morgan fingerprint density at radius 3 is 2.19 bits per heavy atom. The van der Waals surface area contributed by atoms with E-state index in [9.17, 15) is 4.79 Å². The number of nitrogens with two attached hydrogens (primary N) is 1. The fraction of sp³-hybridized carbons (Fsp3) is 0.278. The average molecular weight is 281 g/mol. The van der Waals surface area contributed by atoms with Gasteiger partial charge in [0.25, 0.3) is 0 Å². The maximum absolute atomic E-state index is 12.2. The average Bonchev–Trinajstić information content (AvgIpc) is 2.78. The summed E-state index contributed by atoms with van der Waals surface area (Å²) in [5.74, 6) is -0.278. The summed E-state index contributed by atoms with van der Waals surface area (Å²) >= 11 is 0. The Labute approximate surface area is 124 Å². The maximum Gasteiger partial charge on any atom is 0.326 e. The molecular weight excluding hydrogens is 262 g/mol. The summed E-state index contributed by atoms with van der Waals surface area (Å²) in [6.07, 6.45) is 1.28. The molecule has 1 saturated heterocycles. The highest BCUT2D eigenvalue weighted by Crippen LogP contribution is 2.31. The Hall–Kier alpha value is -2.13. The van der Waals surface area contributed by atoms with E-state index < -0.39 is 5.54 Å². The summed E-state index contributed by atoms with van der Waals surface area (Å²) < 4.78 is 5.26. The minimum absolute atomic E-state index is 0.00704. The zero-order valence-electron chi connectivity index (χ0n) is 11.9. The van der Waals surface area contributed by atoms with Crippen LogP contribution < -0.4 is 5.73 Å². The molecule has 2 aromatic rings. The van der Waals surface area contributed by atoms with E-state index in [4.69, 9.17) is 10.5 Å². The van der Waals surface area contributed by atoms with E-state index in [1.807, 2.05) is 48.5 Å². The van der Waals surface area contributed by atoms with Gasteiger partial charge in [-0.1, -0.05) is 60.7 Å². The lowest BCUT2D eigenvalue weighted by Crippen LogP contribution is -2.52. The molecule has 3 nitrogen and oxygen atoms in total. The number of rotatable bonds is 4. The second kappa shape index (κ2) is 5.70. The quantitative estimate of drug-likeness (QED) is 0.875. The molecule has 21 heavy (non-hydrogen) atoms. The summed E-state index contributed by atoms with van der Waals surface area (Å²) in [6, 6.07) is 20.0. The van der Waals surface area contributed by atoms with E-state index >= 15 is 0 Å². The number of hydrogen-bond acceptors (Lipinski definition) is 3. The van der Waals surface area contributed by atoms with Gasteiger partial charge in [0.2, 0.25) is 0 Å². The van der Waals surface area contributed by atoms with Gasteiger partial charge in [0.1, 0.15) is 5.54 Å². The van der Waals surface area contributed by atoms with Gasteiger partial charge in [-0.15, -0.1) is 0 Å². The molecule has 2 N–H and O–H groups in total. The van der Waals surface area contributed by atoms with Crippen LogP contribution in [0.25, 0.3) is 0 Å². The first kappa shape index (κ1) is 13.8. The molecule has 1 aliphatic heterocycles. The van der Waals surface area contributed by atoms with Crippen molar-refractivity contribution in [3.05, 3.63) is 71.8 Å². The van der Waals surface area contributed by atoms with Crippen LogP contribution in [0.15, 0.2) is 60.7 Å². The van der Waals surface area contributed by atoms with E-state index in [2.05, 4.69) is 12.1 Å². The monoisotopic (exact) mass is 281 g/mol. The van der Waals surface area contributed by atoms with Crippen molar-refractivity contribution in [1.82, 2.24) is 0 Å². The second-order valence-electron chi connectivity index (χ2n) is 5.69. The van der Waals surface area contributed by atoms with Gasteiger partial charge in [-0.3, -0.25) is 4.79 Å². The van der Waals surface area contributed by atoms with Crippen LogP contribution in [0, 0.1) is 5.92 Å². The number of benzene rings is 2. The molecule has 108 valence electrons. The Bertz CT molecular complexity index is 612. The van der Waals surface area contributed by atoms with E-state index in [-0.39, 0.29) is 11.9 Å². The molecule has 0 unspecified atom stereocenters. The van der Waals surface area contributed by atoms with Gasteiger partial charge in [-0.25, -0.2) is 0 Å². The zero-order chi connectivity index (χ0) is 14.7. The molecule has 1 aliphatic rings. The highest BCUT2D eigenvalue weighted by molar-refractivity contribution is 5.83.